The lowest BCUT2D eigenvalue weighted by molar-refractivity contribution is 0.282. The first-order chi connectivity index (χ1) is 10.2. The summed E-state index contributed by atoms with van der Waals surface area (Å²) < 4.78 is 0. The molecule has 3 rings (SSSR count). The summed E-state index contributed by atoms with van der Waals surface area (Å²) in [6.45, 7) is 3.33. The highest BCUT2D eigenvalue weighted by molar-refractivity contribution is 5.57. The molecule has 1 aromatic carbocycles. The highest BCUT2D eigenvalue weighted by atomic mass is 15.3. The fourth-order valence-corrected chi connectivity index (χ4v) is 3.17. The molecular weight excluding hydrogens is 260 g/mol. The van der Waals surface area contributed by atoms with Crippen LogP contribution < -0.4 is 4.90 Å². The van der Waals surface area contributed by atoms with Gasteiger partial charge >= 0.3 is 0 Å². The van der Waals surface area contributed by atoms with Gasteiger partial charge < -0.3 is 9.80 Å². The Morgan fingerprint density at radius 2 is 1.90 bits per heavy atom. The molecule has 1 fully saturated rings. The number of rotatable bonds is 3. The lowest BCUT2D eigenvalue weighted by atomic mass is 10.1. The van der Waals surface area contributed by atoms with Crippen molar-refractivity contribution in [3.8, 4) is 11.4 Å². The van der Waals surface area contributed by atoms with Crippen molar-refractivity contribution in [3.05, 3.63) is 42.6 Å². The topological polar surface area (TPSA) is 32.3 Å². The molecule has 0 aliphatic carbocycles. The summed E-state index contributed by atoms with van der Waals surface area (Å²) in [6.07, 6.45) is 3.04. The smallest absolute Gasteiger partial charge is 0.161 e. The third-order valence-electron chi connectivity index (χ3n) is 4.34. The standard InChI is InChI=1S/C17H22N4/c1-13-15(20(2)3)10-12-21(13)16-9-11-18-17(19-16)14-7-5-4-6-8-14/h4-9,11,13,15H,10,12H2,1-3H3/t13-,15-/m1/s1. The molecule has 21 heavy (non-hydrogen) atoms. The van der Waals surface area contributed by atoms with E-state index in [0.717, 1.165) is 23.8 Å². The van der Waals surface area contributed by atoms with Crippen molar-refractivity contribution in [2.45, 2.75) is 25.4 Å². The Hall–Kier alpha value is -1.94. The monoisotopic (exact) mass is 282 g/mol. The van der Waals surface area contributed by atoms with Crippen molar-refractivity contribution in [2.75, 3.05) is 25.5 Å². The summed E-state index contributed by atoms with van der Waals surface area (Å²) in [7, 11) is 4.31. The quantitative estimate of drug-likeness (QED) is 0.866. The zero-order valence-electron chi connectivity index (χ0n) is 12.9. The maximum atomic E-state index is 4.77. The van der Waals surface area contributed by atoms with E-state index in [2.05, 4.69) is 47.9 Å². The van der Waals surface area contributed by atoms with Gasteiger partial charge in [0.2, 0.25) is 0 Å². The maximum absolute atomic E-state index is 4.77. The summed E-state index contributed by atoms with van der Waals surface area (Å²) in [5.74, 6) is 1.83. The molecule has 4 heteroatoms. The van der Waals surface area contributed by atoms with Crippen LogP contribution in [-0.2, 0) is 0 Å². The summed E-state index contributed by atoms with van der Waals surface area (Å²) in [5, 5.41) is 0. The van der Waals surface area contributed by atoms with E-state index in [0.29, 0.717) is 12.1 Å². The van der Waals surface area contributed by atoms with Crippen LogP contribution in [0.2, 0.25) is 0 Å². The predicted octanol–water partition coefficient (Wildman–Crippen LogP) is 2.67. The van der Waals surface area contributed by atoms with Gasteiger partial charge in [-0.25, -0.2) is 9.97 Å². The van der Waals surface area contributed by atoms with Crippen LogP contribution >= 0.6 is 0 Å². The van der Waals surface area contributed by atoms with Crippen LogP contribution in [0.25, 0.3) is 11.4 Å². The molecule has 1 aliphatic rings. The molecule has 4 nitrogen and oxygen atoms in total. The lowest BCUT2D eigenvalue weighted by Gasteiger charge is -2.29. The van der Waals surface area contributed by atoms with Gasteiger partial charge in [-0.05, 0) is 33.5 Å². The zero-order chi connectivity index (χ0) is 14.8. The van der Waals surface area contributed by atoms with E-state index in [1.54, 1.807) is 0 Å². The molecule has 1 aliphatic heterocycles. The Kier molecular flexibility index (Phi) is 3.88. The lowest BCUT2D eigenvalue weighted by Crippen LogP contribution is -2.40. The average Bonchev–Trinajstić information content (AvgIpc) is 2.90. The Morgan fingerprint density at radius 3 is 2.57 bits per heavy atom. The number of anilines is 1. The largest absolute Gasteiger partial charge is 0.352 e. The number of hydrogen-bond acceptors (Lipinski definition) is 4. The van der Waals surface area contributed by atoms with Crippen LogP contribution in [0.4, 0.5) is 5.82 Å². The zero-order valence-corrected chi connectivity index (χ0v) is 12.9. The second-order valence-corrected chi connectivity index (χ2v) is 5.86. The van der Waals surface area contributed by atoms with Gasteiger partial charge in [-0.15, -0.1) is 0 Å². The molecule has 0 spiro atoms. The van der Waals surface area contributed by atoms with Gasteiger partial charge in [0.05, 0.1) is 0 Å². The van der Waals surface area contributed by atoms with Crippen LogP contribution in [0.3, 0.4) is 0 Å². The average molecular weight is 282 g/mol. The van der Waals surface area contributed by atoms with E-state index in [1.807, 2.05) is 30.5 Å². The van der Waals surface area contributed by atoms with Crippen molar-refractivity contribution in [3.63, 3.8) is 0 Å². The molecule has 0 unspecified atom stereocenters. The number of aromatic nitrogens is 2. The maximum Gasteiger partial charge on any atom is 0.161 e. The molecule has 0 amide bonds. The van der Waals surface area contributed by atoms with Crippen LogP contribution in [0.1, 0.15) is 13.3 Å². The van der Waals surface area contributed by atoms with Crippen molar-refractivity contribution in [1.82, 2.24) is 14.9 Å². The van der Waals surface area contributed by atoms with Gasteiger partial charge in [0.25, 0.3) is 0 Å². The van der Waals surface area contributed by atoms with Crippen molar-refractivity contribution >= 4 is 5.82 Å². The number of likely N-dealkylation sites (N-methyl/N-ethyl adjacent to an activating group) is 1. The molecular formula is C17H22N4. The van der Waals surface area contributed by atoms with E-state index >= 15 is 0 Å². The molecule has 0 radical (unpaired) electrons. The summed E-state index contributed by atoms with van der Waals surface area (Å²) in [5.41, 5.74) is 1.07. The van der Waals surface area contributed by atoms with Gasteiger partial charge in [-0.1, -0.05) is 30.3 Å². The number of benzene rings is 1. The molecule has 1 saturated heterocycles. The van der Waals surface area contributed by atoms with Crippen LogP contribution in [0.15, 0.2) is 42.6 Å². The summed E-state index contributed by atoms with van der Waals surface area (Å²) in [4.78, 5) is 13.9. The first-order valence-electron chi connectivity index (χ1n) is 7.48. The summed E-state index contributed by atoms with van der Waals surface area (Å²) in [6, 6.07) is 13.2. The minimum absolute atomic E-state index is 0.471. The van der Waals surface area contributed by atoms with Crippen molar-refractivity contribution < 1.29 is 0 Å². The second-order valence-electron chi connectivity index (χ2n) is 5.86. The molecule has 0 saturated carbocycles. The van der Waals surface area contributed by atoms with Crippen LogP contribution in [0, 0.1) is 0 Å². The molecule has 0 bridgehead atoms. The highest BCUT2D eigenvalue weighted by Crippen LogP contribution is 2.27. The minimum atomic E-state index is 0.471. The minimum Gasteiger partial charge on any atom is -0.352 e. The van der Waals surface area contributed by atoms with Crippen LogP contribution in [-0.4, -0.2) is 47.6 Å². The first kappa shape index (κ1) is 14.0. The van der Waals surface area contributed by atoms with Gasteiger partial charge in [0, 0.05) is 30.4 Å². The Bertz CT molecular complexity index is 597. The third kappa shape index (κ3) is 2.76. The van der Waals surface area contributed by atoms with E-state index < -0.39 is 0 Å². The molecule has 2 atom stereocenters. The Balaban J connectivity index is 1.87. The van der Waals surface area contributed by atoms with Crippen LogP contribution in [0.5, 0.6) is 0 Å². The van der Waals surface area contributed by atoms with Gasteiger partial charge in [-0.3, -0.25) is 0 Å². The Labute approximate surface area is 126 Å². The van der Waals surface area contributed by atoms with E-state index in [4.69, 9.17) is 4.98 Å². The number of hydrogen-bond donors (Lipinski definition) is 0. The van der Waals surface area contributed by atoms with Gasteiger partial charge in [0.15, 0.2) is 5.82 Å². The molecule has 2 heterocycles. The first-order valence-corrected chi connectivity index (χ1v) is 7.48. The highest BCUT2D eigenvalue weighted by Gasteiger charge is 2.32. The Morgan fingerprint density at radius 1 is 1.14 bits per heavy atom. The summed E-state index contributed by atoms with van der Waals surface area (Å²) >= 11 is 0. The fraction of sp³-hybridized carbons (Fsp3) is 0.412. The predicted molar refractivity (Wildman–Crippen MR) is 86.4 cm³/mol. The molecule has 110 valence electrons. The van der Waals surface area contributed by atoms with E-state index in [9.17, 15) is 0 Å². The van der Waals surface area contributed by atoms with Gasteiger partial charge in [-0.2, -0.15) is 0 Å². The van der Waals surface area contributed by atoms with E-state index in [1.165, 1.54) is 6.42 Å². The molecule has 1 aromatic heterocycles. The molecule has 2 aromatic rings. The van der Waals surface area contributed by atoms with Gasteiger partial charge in [0.1, 0.15) is 5.82 Å². The fourth-order valence-electron chi connectivity index (χ4n) is 3.17. The molecule has 0 N–H and O–H groups in total. The van der Waals surface area contributed by atoms with Crippen molar-refractivity contribution in [2.24, 2.45) is 0 Å². The number of nitrogens with zero attached hydrogens (tertiary/aromatic N) is 4. The second kappa shape index (κ2) is 5.82. The normalized spacial score (nSPS) is 22.0. The third-order valence-corrected chi connectivity index (χ3v) is 4.34. The SMILES string of the molecule is C[C@@H]1[C@H](N(C)C)CCN1c1ccnc(-c2ccccc2)n1. The van der Waals surface area contributed by atoms with E-state index in [-0.39, 0.29) is 0 Å². The van der Waals surface area contributed by atoms with Crippen molar-refractivity contribution in [1.29, 1.82) is 0 Å².